The molecule has 0 spiro atoms. The third-order valence-electron chi connectivity index (χ3n) is 6.20. The maximum Gasteiger partial charge on any atom is 0.155 e. The largest absolute Gasteiger partial charge is 0.512 e. The first-order valence-corrected chi connectivity index (χ1v) is 12.4. The fourth-order valence-electron chi connectivity index (χ4n) is 4.72. The summed E-state index contributed by atoms with van der Waals surface area (Å²) in [5, 5.41) is 13.6. The molecule has 1 radical (unpaired) electrons. The summed E-state index contributed by atoms with van der Waals surface area (Å²) < 4.78 is 2.79. The van der Waals surface area contributed by atoms with E-state index in [0.717, 1.165) is 11.3 Å². The van der Waals surface area contributed by atoms with Crippen LogP contribution in [0.25, 0.3) is 42.2 Å². The van der Waals surface area contributed by atoms with Gasteiger partial charge >= 0.3 is 0 Å². The van der Waals surface area contributed by atoms with Crippen LogP contribution in [0.4, 0.5) is 0 Å². The second-order valence-corrected chi connectivity index (χ2v) is 9.91. The van der Waals surface area contributed by atoms with Gasteiger partial charge in [-0.15, -0.1) is 47.2 Å². The van der Waals surface area contributed by atoms with Crippen LogP contribution in [0.2, 0.25) is 0 Å². The number of aryl methyl sites for hydroxylation is 2. The number of aliphatic hydroxyl groups is 1. The van der Waals surface area contributed by atoms with E-state index >= 15 is 0 Å². The molecule has 0 amide bonds. The molecule has 5 heteroatoms. The Balaban J connectivity index is 0.000000320. The second kappa shape index (κ2) is 10.8. The first-order valence-electron chi connectivity index (χ1n) is 11.6. The van der Waals surface area contributed by atoms with E-state index in [1.54, 1.807) is 11.1 Å². The zero-order chi connectivity index (χ0) is 23.7. The van der Waals surface area contributed by atoms with E-state index in [0.29, 0.717) is 0 Å². The molecular formula is C30H26IrNO2S-. The molecule has 5 aromatic rings. The van der Waals surface area contributed by atoms with E-state index in [9.17, 15) is 4.79 Å². The Morgan fingerprint density at radius 1 is 0.971 bits per heavy atom. The number of aromatic nitrogens is 1. The van der Waals surface area contributed by atoms with E-state index in [2.05, 4.69) is 48.5 Å². The van der Waals surface area contributed by atoms with E-state index in [-0.39, 0.29) is 31.6 Å². The molecule has 3 nitrogen and oxygen atoms in total. The van der Waals surface area contributed by atoms with Gasteiger partial charge in [-0.1, -0.05) is 6.07 Å². The third kappa shape index (κ3) is 5.38. The monoisotopic (exact) mass is 657 g/mol. The Morgan fingerprint density at radius 3 is 2.34 bits per heavy atom. The average Bonchev–Trinajstić information content (AvgIpc) is 3.17. The van der Waals surface area contributed by atoms with Crippen LogP contribution in [0.1, 0.15) is 37.8 Å². The fraction of sp³-hybridized carbons (Fsp3) is 0.200. The Bertz CT molecular complexity index is 1550. The number of allylic oxidation sites excluding steroid dienone is 2. The van der Waals surface area contributed by atoms with Gasteiger partial charge in [-0.25, -0.2) is 0 Å². The smallest absolute Gasteiger partial charge is 0.155 e. The molecule has 1 aliphatic rings. The molecule has 0 saturated carbocycles. The van der Waals surface area contributed by atoms with Gasteiger partial charge in [0.25, 0.3) is 0 Å². The molecule has 0 atom stereocenters. The topological polar surface area (TPSA) is 50.2 Å². The van der Waals surface area contributed by atoms with Gasteiger partial charge in [0.05, 0.1) is 5.76 Å². The van der Waals surface area contributed by atoms with Gasteiger partial charge in [-0.3, -0.25) is 4.79 Å². The van der Waals surface area contributed by atoms with Crippen molar-refractivity contribution in [3.05, 3.63) is 89.8 Å². The summed E-state index contributed by atoms with van der Waals surface area (Å²) >= 11 is 1.92. The normalized spacial score (nSPS) is 13.1. The summed E-state index contributed by atoms with van der Waals surface area (Å²) in [4.78, 5) is 14.7. The quantitative estimate of drug-likeness (QED) is 0.119. The molecule has 0 bridgehead atoms. The molecule has 0 unspecified atom stereocenters. The molecule has 6 rings (SSSR count). The van der Waals surface area contributed by atoms with Crippen LogP contribution in [0.15, 0.2) is 72.6 Å². The van der Waals surface area contributed by atoms with Gasteiger partial charge in [0.15, 0.2) is 5.78 Å². The summed E-state index contributed by atoms with van der Waals surface area (Å²) in [5.41, 5.74) is 5.19. The summed E-state index contributed by atoms with van der Waals surface area (Å²) in [7, 11) is 0. The molecule has 3 aromatic carbocycles. The van der Waals surface area contributed by atoms with Crippen molar-refractivity contribution in [1.29, 1.82) is 0 Å². The van der Waals surface area contributed by atoms with Crippen LogP contribution in [-0.4, -0.2) is 15.9 Å². The molecule has 1 N–H and O–H groups in total. The summed E-state index contributed by atoms with van der Waals surface area (Å²) in [6, 6.07) is 23.2. The van der Waals surface area contributed by atoms with E-state index < -0.39 is 0 Å². The molecule has 0 fully saturated rings. The Morgan fingerprint density at radius 2 is 1.69 bits per heavy atom. The molecule has 2 aromatic heterocycles. The SMILES string of the molecule is CC(=O)/C=C(/C)O.[Ir].[c-]1ccccc1-c1nccc2cc3sc4cc5c(cc4c3cc12)CCCC5. The first-order chi connectivity index (χ1) is 16.5. The van der Waals surface area contributed by atoms with Gasteiger partial charge in [-0.2, -0.15) is 0 Å². The zero-order valence-electron chi connectivity index (χ0n) is 19.7. The molecule has 1 aliphatic carbocycles. The number of nitrogens with zero attached hydrogens (tertiary/aromatic N) is 1. The van der Waals surface area contributed by atoms with Crippen LogP contribution in [0.3, 0.4) is 0 Å². The maximum atomic E-state index is 10.0. The number of aliphatic hydroxyl groups excluding tert-OH is 1. The average molecular weight is 657 g/mol. The standard InChI is InChI=1S/C25H18NS.C5H8O2.Ir/c1-2-6-16(7-3-1)25-20-15-22-21-12-17-8-4-5-9-18(17)13-23(21)27-24(22)14-19(20)10-11-26-25;1-4(6)3-5(2)7;/h1-3,6,10-15H,4-5,8-9H2;3,6H,1-2H3;/q-1;;/b;4-3-;. The van der Waals surface area contributed by atoms with Crippen molar-refractivity contribution in [2.24, 2.45) is 0 Å². The Kier molecular flexibility index (Phi) is 7.81. The molecule has 2 heterocycles. The van der Waals surface area contributed by atoms with Crippen molar-refractivity contribution < 1.29 is 30.0 Å². The number of hydrogen-bond acceptors (Lipinski definition) is 4. The molecule has 35 heavy (non-hydrogen) atoms. The minimum absolute atomic E-state index is 0. The first kappa shape index (κ1) is 25.2. The third-order valence-corrected chi connectivity index (χ3v) is 7.31. The number of hydrogen-bond donors (Lipinski definition) is 1. The zero-order valence-corrected chi connectivity index (χ0v) is 22.9. The van der Waals surface area contributed by atoms with Crippen LogP contribution < -0.4 is 0 Å². The minimum Gasteiger partial charge on any atom is -0.512 e. The number of rotatable bonds is 2. The number of thiophene rings is 1. The van der Waals surface area contributed by atoms with Crippen molar-refractivity contribution in [3.8, 4) is 11.3 Å². The minimum atomic E-state index is -0.125. The molecular weight excluding hydrogens is 631 g/mol. The Hall–Kier alpha value is -2.85. The summed E-state index contributed by atoms with van der Waals surface area (Å²) in [6.07, 6.45) is 8.19. The van der Waals surface area contributed by atoms with Crippen LogP contribution >= 0.6 is 11.3 Å². The van der Waals surface area contributed by atoms with Crippen molar-refractivity contribution >= 4 is 48.1 Å². The van der Waals surface area contributed by atoms with Crippen molar-refractivity contribution in [2.45, 2.75) is 39.5 Å². The number of benzene rings is 3. The number of pyridine rings is 1. The van der Waals surface area contributed by atoms with Crippen LogP contribution in [-0.2, 0) is 37.7 Å². The van der Waals surface area contributed by atoms with Crippen molar-refractivity contribution in [3.63, 3.8) is 0 Å². The van der Waals surface area contributed by atoms with E-state index in [1.807, 2.05) is 29.7 Å². The van der Waals surface area contributed by atoms with Crippen molar-refractivity contribution in [1.82, 2.24) is 4.98 Å². The number of carbonyl (C=O) groups excluding carboxylic acids is 1. The van der Waals surface area contributed by atoms with Crippen LogP contribution in [0, 0.1) is 6.07 Å². The summed E-state index contributed by atoms with van der Waals surface area (Å²) in [5.74, 6) is -0.0625. The van der Waals surface area contributed by atoms with Crippen molar-refractivity contribution in [2.75, 3.05) is 0 Å². The Labute approximate surface area is 222 Å². The molecule has 0 aliphatic heterocycles. The van der Waals surface area contributed by atoms with Gasteiger partial charge in [0, 0.05) is 52.6 Å². The second-order valence-electron chi connectivity index (χ2n) is 8.83. The predicted molar refractivity (Wildman–Crippen MR) is 143 cm³/mol. The predicted octanol–water partition coefficient (Wildman–Crippen LogP) is 7.98. The number of ketones is 1. The van der Waals surface area contributed by atoms with Gasteiger partial charge in [-0.05, 0) is 91.4 Å². The molecule has 179 valence electrons. The number of fused-ring (bicyclic) bond motifs is 5. The number of carbonyl (C=O) groups is 1. The maximum absolute atomic E-state index is 10.0. The van der Waals surface area contributed by atoms with E-state index in [4.69, 9.17) is 10.1 Å². The van der Waals surface area contributed by atoms with E-state index in [1.165, 1.54) is 76.6 Å². The van der Waals surface area contributed by atoms with Gasteiger partial charge in [0.1, 0.15) is 0 Å². The van der Waals surface area contributed by atoms with Gasteiger partial charge < -0.3 is 10.1 Å². The fourth-order valence-corrected chi connectivity index (χ4v) is 5.90. The summed E-state index contributed by atoms with van der Waals surface area (Å²) in [6.45, 7) is 2.85. The molecule has 0 saturated heterocycles. The van der Waals surface area contributed by atoms with Gasteiger partial charge in [0.2, 0.25) is 0 Å². The van der Waals surface area contributed by atoms with Crippen LogP contribution in [0.5, 0.6) is 0 Å².